The normalized spacial score (nSPS) is 17.8. The number of thioether (sulfide) groups is 1. The quantitative estimate of drug-likeness (QED) is 0.917. The van der Waals surface area contributed by atoms with E-state index in [9.17, 15) is 0 Å². The predicted octanol–water partition coefficient (Wildman–Crippen LogP) is 3.48. The number of rotatable bonds is 5. The number of nitrogens with zero attached hydrogens (tertiary/aromatic N) is 2. The van der Waals surface area contributed by atoms with Crippen LogP contribution >= 0.6 is 11.8 Å². The summed E-state index contributed by atoms with van der Waals surface area (Å²) in [6.07, 6.45) is 6.74. The first-order valence-corrected chi connectivity index (χ1v) is 8.87. The molecule has 3 rings (SSSR count). The van der Waals surface area contributed by atoms with Crippen LogP contribution in [-0.4, -0.2) is 27.3 Å². The molecule has 21 heavy (non-hydrogen) atoms. The van der Waals surface area contributed by atoms with Crippen molar-refractivity contribution in [2.75, 3.05) is 11.5 Å². The van der Waals surface area contributed by atoms with Crippen LogP contribution in [0, 0.1) is 0 Å². The van der Waals surface area contributed by atoms with Crippen molar-refractivity contribution in [2.45, 2.75) is 38.4 Å². The Bertz CT molecular complexity index is 546. The van der Waals surface area contributed by atoms with Crippen molar-refractivity contribution in [1.29, 1.82) is 0 Å². The predicted molar refractivity (Wildman–Crippen MR) is 89.7 cm³/mol. The Labute approximate surface area is 131 Å². The van der Waals surface area contributed by atoms with Crippen molar-refractivity contribution in [1.82, 2.24) is 15.1 Å². The third kappa shape index (κ3) is 4.11. The van der Waals surface area contributed by atoms with E-state index in [-0.39, 0.29) is 0 Å². The van der Waals surface area contributed by atoms with Crippen LogP contribution in [0.2, 0.25) is 0 Å². The molecule has 0 radical (unpaired) electrons. The van der Waals surface area contributed by atoms with Crippen molar-refractivity contribution in [3.05, 3.63) is 53.9 Å². The maximum atomic E-state index is 4.50. The van der Waals surface area contributed by atoms with Crippen LogP contribution in [0.1, 0.15) is 36.9 Å². The molecule has 0 bridgehead atoms. The fraction of sp³-hybridized carbons (Fsp3) is 0.471. The van der Waals surface area contributed by atoms with E-state index in [2.05, 4.69) is 59.6 Å². The van der Waals surface area contributed by atoms with E-state index in [4.69, 9.17) is 0 Å². The molecule has 0 spiro atoms. The van der Waals surface area contributed by atoms with Gasteiger partial charge in [0.15, 0.2) is 0 Å². The molecule has 3 nitrogen and oxygen atoms in total. The first-order chi connectivity index (χ1) is 10.3. The number of aromatic nitrogens is 2. The Morgan fingerprint density at radius 1 is 1.29 bits per heavy atom. The highest BCUT2D eigenvalue weighted by molar-refractivity contribution is 7.99. The first kappa shape index (κ1) is 14.7. The van der Waals surface area contributed by atoms with Gasteiger partial charge in [0.05, 0.1) is 12.7 Å². The number of hydrogen-bond donors (Lipinski definition) is 1. The summed E-state index contributed by atoms with van der Waals surface area (Å²) < 4.78 is 2.03. The van der Waals surface area contributed by atoms with Gasteiger partial charge in [-0.1, -0.05) is 30.3 Å². The third-order valence-corrected chi connectivity index (χ3v) is 5.10. The van der Waals surface area contributed by atoms with Crippen LogP contribution in [0.15, 0.2) is 42.7 Å². The zero-order valence-electron chi connectivity index (χ0n) is 12.5. The molecule has 0 amide bonds. The average molecular weight is 301 g/mol. The fourth-order valence-corrected chi connectivity index (χ4v) is 3.88. The standard InChI is InChI=1S/C17H23N3S/c1-14(19-17-7-9-21-10-8-17)16-11-18-20(13-16)12-15-5-3-2-4-6-15/h2-6,11,13-14,17,19H,7-10,12H2,1H3/t14-/m0/s1. The molecule has 0 saturated carbocycles. The first-order valence-electron chi connectivity index (χ1n) is 7.71. The zero-order chi connectivity index (χ0) is 14.5. The van der Waals surface area contributed by atoms with Crippen LogP contribution < -0.4 is 5.32 Å². The molecule has 2 heterocycles. The summed E-state index contributed by atoms with van der Waals surface area (Å²) in [5.41, 5.74) is 2.57. The van der Waals surface area contributed by atoms with Crippen LogP contribution in [0.3, 0.4) is 0 Å². The van der Waals surface area contributed by atoms with Crippen molar-refractivity contribution in [2.24, 2.45) is 0 Å². The third-order valence-electron chi connectivity index (χ3n) is 4.05. The number of hydrogen-bond acceptors (Lipinski definition) is 3. The summed E-state index contributed by atoms with van der Waals surface area (Å²) >= 11 is 2.07. The maximum absolute atomic E-state index is 4.50. The molecule has 1 aliphatic heterocycles. The van der Waals surface area contributed by atoms with Crippen LogP contribution in [0.4, 0.5) is 0 Å². The van der Waals surface area contributed by atoms with Gasteiger partial charge in [0, 0.05) is 23.8 Å². The van der Waals surface area contributed by atoms with Crippen molar-refractivity contribution >= 4 is 11.8 Å². The molecule has 1 saturated heterocycles. The summed E-state index contributed by atoms with van der Waals surface area (Å²) in [7, 11) is 0. The van der Waals surface area contributed by atoms with Gasteiger partial charge in [-0.25, -0.2) is 0 Å². The molecular formula is C17H23N3S. The van der Waals surface area contributed by atoms with Crippen molar-refractivity contribution < 1.29 is 0 Å². The van der Waals surface area contributed by atoms with E-state index in [0.29, 0.717) is 12.1 Å². The van der Waals surface area contributed by atoms with Gasteiger partial charge in [0.25, 0.3) is 0 Å². The van der Waals surface area contributed by atoms with Crippen molar-refractivity contribution in [3.8, 4) is 0 Å². The second kappa shape index (κ2) is 7.14. The van der Waals surface area contributed by atoms with Crippen molar-refractivity contribution in [3.63, 3.8) is 0 Å². The molecule has 0 unspecified atom stereocenters. The molecule has 0 aliphatic carbocycles. The summed E-state index contributed by atoms with van der Waals surface area (Å²) in [4.78, 5) is 0. The maximum Gasteiger partial charge on any atom is 0.0659 e. The van der Waals surface area contributed by atoms with Gasteiger partial charge in [-0.3, -0.25) is 4.68 Å². The molecule has 1 aliphatic rings. The van der Waals surface area contributed by atoms with Gasteiger partial charge < -0.3 is 5.32 Å². The van der Waals surface area contributed by atoms with Gasteiger partial charge in [-0.05, 0) is 36.8 Å². The lowest BCUT2D eigenvalue weighted by Gasteiger charge is -2.25. The zero-order valence-corrected chi connectivity index (χ0v) is 13.4. The molecule has 1 N–H and O–H groups in total. The lowest BCUT2D eigenvalue weighted by Crippen LogP contribution is -2.34. The second-order valence-corrected chi connectivity index (χ2v) is 6.96. The monoisotopic (exact) mass is 301 g/mol. The molecular weight excluding hydrogens is 278 g/mol. The highest BCUT2D eigenvalue weighted by Gasteiger charge is 2.17. The lowest BCUT2D eigenvalue weighted by molar-refractivity contribution is 0.431. The molecule has 112 valence electrons. The summed E-state index contributed by atoms with van der Waals surface area (Å²) in [5, 5.41) is 8.24. The van der Waals surface area contributed by atoms with Gasteiger partial charge in [0.2, 0.25) is 0 Å². The Morgan fingerprint density at radius 2 is 2.05 bits per heavy atom. The van der Waals surface area contributed by atoms with E-state index in [1.807, 2.05) is 16.9 Å². The largest absolute Gasteiger partial charge is 0.307 e. The SMILES string of the molecule is C[C@H](NC1CCSCC1)c1cnn(Cc2ccccc2)c1. The van der Waals surface area contributed by atoms with Gasteiger partial charge in [0.1, 0.15) is 0 Å². The smallest absolute Gasteiger partial charge is 0.0659 e. The molecule has 1 aromatic heterocycles. The van der Waals surface area contributed by atoms with E-state index in [1.165, 1.54) is 35.5 Å². The Kier molecular flexibility index (Phi) is 4.99. The van der Waals surface area contributed by atoms with Crippen LogP contribution in [0.25, 0.3) is 0 Å². The second-order valence-electron chi connectivity index (χ2n) is 5.73. The highest BCUT2D eigenvalue weighted by atomic mass is 32.2. The van der Waals surface area contributed by atoms with E-state index >= 15 is 0 Å². The van der Waals surface area contributed by atoms with E-state index < -0.39 is 0 Å². The Balaban J connectivity index is 1.58. The van der Waals surface area contributed by atoms with E-state index in [0.717, 1.165) is 6.54 Å². The minimum absolute atomic E-state index is 0.377. The Hall–Kier alpha value is -1.26. The number of benzene rings is 1. The Morgan fingerprint density at radius 3 is 2.81 bits per heavy atom. The highest BCUT2D eigenvalue weighted by Crippen LogP contribution is 2.20. The molecule has 1 fully saturated rings. The van der Waals surface area contributed by atoms with Gasteiger partial charge in [-0.15, -0.1) is 0 Å². The molecule has 4 heteroatoms. The minimum Gasteiger partial charge on any atom is -0.307 e. The topological polar surface area (TPSA) is 29.9 Å². The number of nitrogens with one attached hydrogen (secondary N) is 1. The summed E-state index contributed by atoms with van der Waals surface area (Å²) in [5.74, 6) is 2.58. The lowest BCUT2D eigenvalue weighted by atomic mass is 10.1. The molecule has 1 aromatic carbocycles. The van der Waals surface area contributed by atoms with Gasteiger partial charge >= 0.3 is 0 Å². The molecule has 2 aromatic rings. The van der Waals surface area contributed by atoms with Crippen LogP contribution in [-0.2, 0) is 6.54 Å². The average Bonchev–Trinajstić information content (AvgIpc) is 2.98. The molecule has 1 atom stereocenters. The van der Waals surface area contributed by atoms with E-state index in [1.54, 1.807) is 0 Å². The fourth-order valence-electron chi connectivity index (χ4n) is 2.77. The minimum atomic E-state index is 0.377. The van der Waals surface area contributed by atoms with Crippen LogP contribution in [0.5, 0.6) is 0 Å². The van der Waals surface area contributed by atoms with Gasteiger partial charge in [-0.2, -0.15) is 16.9 Å². The summed E-state index contributed by atoms with van der Waals surface area (Å²) in [6, 6.07) is 11.5. The summed E-state index contributed by atoms with van der Waals surface area (Å²) in [6.45, 7) is 3.08.